The van der Waals surface area contributed by atoms with Crippen molar-refractivity contribution in [2.24, 2.45) is 0 Å². The van der Waals surface area contributed by atoms with Crippen molar-refractivity contribution in [3.05, 3.63) is 28.2 Å². The van der Waals surface area contributed by atoms with Crippen molar-refractivity contribution in [1.29, 1.82) is 0 Å². The number of nitrogens with zero attached hydrogens (tertiary/aromatic N) is 1. The second-order valence-corrected chi connectivity index (χ2v) is 5.11. The van der Waals surface area contributed by atoms with Crippen molar-refractivity contribution in [2.75, 3.05) is 20.2 Å². The highest BCUT2D eigenvalue weighted by Crippen LogP contribution is 2.28. The quantitative estimate of drug-likeness (QED) is 0.843. The van der Waals surface area contributed by atoms with E-state index in [1.165, 1.54) is 37.9 Å². The van der Waals surface area contributed by atoms with E-state index in [-0.39, 0.29) is 0 Å². The van der Waals surface area contributed by atoms with Crippen LogP contribution in [-0.4, -0.2) is 25.1 Å². The Morgan fingerprint density at radius 3 is 2.69 bits per heavy atom. The van der Waals surface area contributed by atoms with Crippen molar-refractivity contribution in [1.82, 2.24) is 4.90 Å². The van der Waals surface area contributed by atoms with E-state index < -0.39 is 0 Å². The summed E-state index contributed by atoms with van der Waals surface area (Å²) in [6, 6.07) is 6.13. The predicted molar refractivity (Wildman–Crippen MR) is 69.8 cm³/mol. The molecule has 0 amide bonds. The van der Waals surface area contributed by atoms with Crippen molar-refractivity contribution < 1.29 is 4.74 Å². The molecular weight excluding hydrogens is 266 g/mol. The van der Waals surface area contributed by atoms with E-state index in [0.717, 1.165) is 16.8 Å². The molecule has 0 N–H and O–H groups in total. The molecule has 1 fully saturated rings. The van der Waals surface area contributed by atoms with Crippen LogP contribution in [0.15, 0.2) is 22.7 Å². The lowest BCUT2D eigenvalue weighted by molar-refractivity contribution is 0.217. The maximum Gasteiger partial charge on any atom is 0.124 e. The number of likely N-dealkylation sites (tertiary alicyclic amines) is 1. The van der Waals surface area contributed by atoms with Gasteiger partial charge in [-0.3, -0.25) is 4.90 Å². The van der Waals surface area contributed by atoms with E-state index in [1.807, 2.05) is 12.1 Å². The summed E-state index contributed by atoms with van der Waals surface area (Å²) in [6.07, 6.45) is 4.03. The van der Waals surface area contributed by atoms with E-state index in [0.29, 0.717) is 0 Å². The van der Waals surface area contributed by atoms with Crippen LogP contribution in [0.4, 0.5) is 0 Å². The Kier molecular flexibility index (Phi) is 4.24. The molecule has 2 rings (SSSR count). The second-order valence-electron chi connectivity index (χ2n) is 4.26. The zero-order chi connectivity index (χ0) is 11.4. The molecule has 16 heavy (non-hydrogen) atoms. The van der Waals surface area contributed by atoms with E-state index >= 15 is 0 Å². The minimum absolute atomic E-state index is 0.986. The molecule has 0 radical (unpaired) electrons. The third-order valence-corrected chi connectivity index (χ3v) is 3.87. The van der Waals surface area contributed by atoms with Crippen LogP contribution in [0, 0.1) is 0 Å². The van der Waals surface area contributed by atoms with E-state index in [9.17, 15) is 0 Å². The monoisotopic (exact) mass is 283 g/mol. The van der Waals surface area contributed by atoms with Gasteiger partial charge in [0.05, 0.1) is 7.11 Å². The van der Waals surface area contributed by atoms with Crippen LogP contribution in [-0.2, 0) is 6.54 Å². The minimum Gasteiger partial charge on any atom is -0.496 e. The van der Waals surface area contributed by atoms with E-state index in [4.69, 9.17) is 4.74 Å². The summed E-state index contributed by atoms with van der Waals surface area (Å²) in [4.78, 5) is 2.51. The first-order chi connectivity index (χ1) is 7.81. The van der Waals surface area contributed by atoms with E-state index in [2.05, 4.69) is 26.9 Å². The Morgan fingerprint density at radius 2 is 2.00 bits per heavy atom. The number of benzene rings is 1. The average molecular weight is 284 g/mol. The number of hydrogen-bond acceptors (Lipinski definition) is 2. The van der Waals surface area contributed by atoms with Gasteiger partial charge >= 0.3 is 0 Å². The first kappa shape index (κ1) is 11.9. The molecule has 1 saturated heterocycles. The fourth-order valence-corrected chi connectivity index (χ4v) is 2.70. The number of hydrogen-bond donors (Lipinski definition) is 0. The van der Waals surface area contributed by atoms with Gasteiger partial charge in [0.2, 0.25) is 0 Å². The Balaban J connectivity index is 2.12. The van der Waals surface area contributed by atoms with Crippen LogP contribution in [0.5, 0.6) is 5.75 Å². The van der Waals surface area contributed by atoms with Crippen molar-refractivity contribution in [2.45, 2.75) is 25.8 Å². The van der Waals surface area contributed by atoms with Gasteiger partial charge in [-0.25, -0.2) is 0 Å². The number of halogens is 1. The molecule has 1 aromatic carbocycles. The third kappa shape index (κ3) is 2.77. The van der Waals surface area contributed by atoms with E-state index in [1.54, 1.807) is 7.11 Å². The SMILES string of the molecule is COc1cccc(Br)c1CN1CCCCC1. The third-order valence-electron chi connectivity index (χ3n) is 3.13. The summed E-state index contributed by atoms with van der Waals surface area (Å²) in [5, 5.41) is 0. The maximum atomic E-state index is 5.41. The Hall–Kier alpha value is -0.540. The minimum atomic E-state index is 0.986. The molecule has 0 saturated carbocycles. The predicted octanol–water partition coefficient (Wildman–Crippen LogP) is 3.44. The lowest BCUT2D eigenvalue weighted by Gasteiger charge is -2.27. The highest BCUT2D eigenvalue weighted by molar-refractivity contribution is 9.10. The lowest BCUT2D eigenvalue weighted by atomic mass is 10.1. The molecule has 3 heteroatoms. The van der Waals surface area contributed by atoms with Crippen LogP contribution in [0.3, 0.4) is 0 Å². The normalized spacial score (nSPS) is 17.4. The topological polar surface area (TPSA) is 12.5 Å². The Labute approximate surface area is 106 Å². The number of ether oxygens (including phenoxy) is 1. The average Bonchev–Trinajstić information content (AvgIpc) is 2.33. The fourth-order valence-electron chi connectivity index (χ4n) is 2.22. The highest BCUT2D eigenvalue weighted by Gasteiger charge is 2.14. The molecule has 0 aromatic heterocycles. The molecule has 0 unspecified atom stereocenters. The van der Waals surface area contributed by atoms with Crippen LogP contribution < -0.4 is 4.74 Å². The number of methoxy groups -OCH3 is 1. The summed E-state index contributed by atoms with van der Waals surface area (Å²) in [5.41, 5.74) is 1.27. The smallest absolute Gasteiger partial charge is 0.124 e. The van der Waals surface area contributed by atoms with Crippen molar-refractivity contribution in [3.63, 3.8) is 0 Å². The van der Waals surface area contributed by atoms with Gasteiger partial charge in [-0.05, 0) is 38.1 Å². The van der Waals surface area contributed by atoms with Crippen molar-refractivity contribution in [3.8, 4) is 5.75 Å². The first-order valence-corrected chi connectivity index (χ1v) is 6.64. The van der Waals surface area contributed by atoms with Gasteiger partial charge in [-0.2, -0.15) is 0 Å². The highest BCUT2D eigenvalue weighted by atomic mass is 79.9. The lowest BCUT2D eigenvalue weighted by Crippen LogP contribution is -2.29. The molecule has 88 valence electrons. The summed E-state index contributed by atoms with van der Waals surface area (Å²) >= 11 is 3.61. The molecule has 0 spiro atoms. The number of piperidine rings is 1. The number of rotatable bonds is 3. The van der Waals surface area contributed by atoms with Gasteiger partial charge in [-0.15, -0.1) is 0 Å². The summed E-state index contributed by atoms with van der Waals surface area (Å²) in [5.74, 6) is 0.986. The van der Waals surface area contributed by atoms with Gasteiger partial charge in [-0.1, -0.05) is 28.4 Å². The standard InChI is InChI=1S/C13H18BrNO/c1-16-13-7-5-6-12(14)11(13)10-15-8-3-2-4-9-15/h5-7H,2-4,8-10H2,1H3. The van der Waals surface area contributed by atoms with Crippen molar-refractivity contribution >= 4 is 15.9 Å². The van der Waals surface area contributed by atoms with Gasteiger partial charge in [0.15, 0.2) is 0 Å². The van der Waals surface area contributed by atoms with Crippen LogP contribution in [0.25, 0.3) is 0 Å². The van der Waals surface area contributed by atoms with Crippen LogP contribution >= 0.6 is 15.9 Å². The van der Waals surface area contributed by atoms with Gasteiger partial charge < -0.3 is 4.74 Å². The molecule has 0 bridgehead atoms. The molecule has 0 aliphatic carbocycles. The maximum absolute atomic E-state index is 5.41. The Bertz CT molecular complexity index is 348. The van der Waals surface area contributed by atoms with Crippen LogP contribution in [0.2, 0.25) is 0 Å². The molecular formula is C13H18BrNO. The summed E-state index contributed by atoms with van der Waals surface area (Å²) in [7, 11) is 1.74. The summed E-state index contributed by atoms with van der Waals surface area (Å²) in [6.45, 7) is 3.42. The van der Waals surface area contributed by atoms with Crippen LogP contribution in [0.1, 0.15) is 24.8 Å². The zero-order valence-electron chi connectivity index (χ0n) is 9.71. The first-order valence-electron chi connectivity index (χ1n) is 5.85. The summed E-state index contributed by atoms with van der Waals surface area (Å²) < 4.78 is 6.56. The fraction of sp³-hybridized carbons (Fsp3) is 0.538. The second kappa shape index (κ2) is 5.69. The van der Waals surface area contributed by atoms with Gasteiger partial charge in [0.25, 0.3) is 0 Å². The Morgan fingerprint density at radius 1 is 1.25 bits per heavy atom. The van der Waals surface area contributed by atoms with Gasteiger partial charge in [0, 0.05) is 16.6 Å². The zero-order valence-corrected chi connectivity index (χ0v) is 11.3. The van der Waals surface area contributed by atoms with Gasteiger partial charge in [0.1, 0.15) is 5.75 Å². The molecule has 0 atom stereocenters. The molecule has 2 nitrogen and oxygen atoms in total. The molecule has 1 aliphatic rings. The molecule has 1 aromatic rings. The molecule has 1 aliphatic heterocycles. The largest absolute Gasteiger partial charge is 0.496 e. The molecule has 1 heterocycles.